The Kier molecular flexibility index (Phi) is 4.66. The number of nitrogen functional groups attached to an aromatic ring is 1. The van der Waals surface area contributed by atoms with Crippen LogP contribution in [0.4, 0.5) is 5.69 Å². The molecule has 2 aromatic carbocycles. The Bertz CT molecular complexity index is 962. The molecular weight excluding hydrogens is 334 g/mol. The van der Waals surface area contributed by atoms with Crippen LogP contribution in [0.2, 0.25) is 0 Å². The van der Waals surface area contributed by atoms with Crippen molar-refractivity contribution in [2.75, 3.05) is 5.73 Å². The lowest BCUT2D eigenvalue weighted by Gasteiger charge is -2.45. The summed E-state index contributed by atoms with van der Waals surface area (Å²) in [5.74, 6) is 0. The third-order valence-corrected chi connectivity index (χ3v) is 7.53. The minimum atomic E-state index is -0.118. The van der Waals surface area contributed by atoms with E-state index in [-0.39, 0.29) is 10.2 Å². The molecule has 0 saturated heterocycles. The molecule has 0 aliphatic carbocycles. The van der Waals surface area contributed by atoms with Crippen LogP contribution in [0.3, 0.4) is 0 Å². The van der Waals surface area contributed by atoms with Gasteiger partial charge in [-0.15, -0.1) is 11.8 Å². The first-order valence-electron chi connectivity index (χ1n) is 8.91. The van der Waals surface area contributed by atoms with E-state index in [1.54, 1.807) is 0 Å². The van der Waals surface area contributed by atoms with Gasteiger partial charge < -0.3 is 5.73 Å². The van der Waals surface area contributed by atoms with Crippen molar-refractivity contribution in [2.24, 2.45) is 5.41 Å². The van der Waals surface area contributed by atoms with E-state index in [0.717, 1.165) is 11.1 Å². The number of hydrogen-bond donors (Lipinski definition) is 1. The molecule has 26 heavy (non-hydrogen) atoms. The minimum absolute atomic E-state index is 0.117. The lowest BCUT2D eigenvalue weighted by molar-refractivity contribution is 0.384. The lowest BCUT2D eigenvalue weighted by atomic mass is 9.71. The van der Waals surface area contributed by atoms with Crippen molar-refractivity contribution in [2.45, 2.75) is 37.3 Å². The van der Waals surface area contributed by atoms with Gasteiger partial charge in [0.05, 0.1) is 0 Å². The van der Waals surface area contributed by atoms with Gasteiger partial charge in [-0.2, -0.15) is 0 Å². The van der Waals surface area contributed by atoms with E-state index >= 15 is 0 Å². The number of fused-ring (bicyclic) bond motifs is 3. The van der Waals surface area contributed by atoms with Crippen LogP contribution in [0.15, 0.2) is 77.8 Å². The zero-order valence-electron chi connectivity index (χ0n) is 16.1. The summed E-state index contributed by atoms with van der Waals surface area (Å²) < 4.78 is -0.118. The maximum Gasteiger partial charge on any atom is 0.0452 e. The minimum Gasteiger partial charge on any atom is -0.398 e. The normalized spacial score (nSPS) is 20.5. The summed E-state index contributed by atoms with van der Waals surface area (Å²) in [6, 6.07) is 10.5. The van der Waals surface area contributed by atoms with Gasteiger partial charge >= 0.3 is 0 Å². The highest BCUT2D eigenvalue weighted by Gasteiger charge is 2.44. The van der Waals surface area contributed by atoms with Crippen LogP contribution >= 0.6 is 11.8 Å². The van der Waals surface area contributed by atoms with Crippen molar-refractivity contribution in [1.29, 1.82) is 0 Å². The summed E-state index contributed by atoms with van der Waals surface area (Å²) in [5.41, 5.74) is 10.6. The van der Waals surface area contributed by atoms with Gasteiger partial charge in [-0.05, 0) is 42.0 Å². The number of nitrogens with two attached hydrogens (primary N) is 1. The van der Waals surface area contributed by atoms with E-state index in [1.807, 2.05) is 30.0 Å². The average molecular weight is 362 g/mol. The molecule has 0 amide bonds. The van der Waals surface area contributed by atoms with Crippen molar-refractivity contribution in [3.63, 3.8) is 0 Å². The van der Waals surface area contributed by atoms with Gasteiger partial charge in [0, 0.05) is 26.1 Å². The van der Waals surface area contributed by atoms with Crippen molar-refractivity contribution in [3.8, 4) is 0 Å². The highest BCUT2D eigenvalue weighted by atomic mass is 32.2. The Hall–Kier alpha value is -2.19. The molecule has 0 bridgehead atoms. The third-order valence-electron chi connectivity index (χ3n) is 5.80. The molecule has 0 fully saturated rings. The molecule has 0 saturated carbocycles. The van der Waals surface area contributed by atoms with Crippen LogP contribution < -0.4 is 5.73 Å². The highest BCUT2D eigenvalue weighted by Crippen LogP contribution is 2.56. The third kappa shape index (κ3) is 2.73. The zero-order valence-corrected chi connectivity index (χ0v) is 16.9. The number of rotatable bonds is 4. The molecule has 1 aliphatic rings. The molecule has 1 nitrogen and oxygen atoms in total. The fourth-order valence-electron chi connectivity index (χ4n) is 3.75. The molecule has 2 aromatic rings. The summed E-state index contributed by atoms with van der Waals surface area (Å²) in [7, 11) is 0. The average Bonchev–Trinajstić information content (AvgIpc) is 2.63. The van der Waals surface area contributed by atoms with E-state index < -0.39 is 0 Å². The topological polar surface area (TPSA) is 26.0 Å². The summed E-state index contributed by atoms with van der Waals surface area (Å²) in [6.07, 6.45) is 8.44. The number of benzene rings is 2. The van der Waals surface area contributed by atoms with Crippen molar-refractivity contribution in [3.05, 3.63) is 78.4 Å². The molecule has 2 heteroatoms. The van der Waals surface area contributed by atoms with Crippen LogP contribution in [0.1, 0.15) is 33.3 Å². The molecule has 1 aliphatic heterocycles. The van der Waals surface area contributed by atoms with Gasteiger partial charge in [-0.1, -0.05) is 75.6 Å². The summed E-state index contributed by atoms with van der Waals surface area (Å²) in [5, 5.41) is 2.35. The second-order valence-corrected chi connectivity index (χ2v) is 9.06. The largest absolute Gasteiger partial charge is 0.398 e. The second kappa shape index (κ2) is 6.51. The predicted octanol–water partition coefficient (Wildman–Crippen LogP) is 7.01. The number of allylic oxidation sites excluding steroid dienone is 4. The molecule has 0 spiro atoms. The number of thioether (sulfide) groups is 1. The van der Waals surface area contributed by atoms with Gasteiger partial charge in [0.2, 0.25) is 0 Å². The van der Waals surface area contributed by atoms with Crippen LogP contribution in [0.25, 0.3) is 16.8 Å². The molecule has 134 valence electrons. The SMILES string of the molecule is C=C/C(C)=C(\C=C)C(C)(C)C1(C)C=Cc2cc(N)c3ccccc3c2S1. The van der Waals surface area contributed by atoms with Gasteiger partial charge in [-0.3, -0.25) is 0 Å². The highest BCUT2D eigenvalue weighted by molar-refractivity contribution is 8.01. The van der Waals surface area contributed by atoms with E-state index in [4.69, 9.17) is 5.73 Å². The monoisotopic (exact) mass is 361 g/mol. The van der Waals surface area contributed by atoms with E-state index in [0.29, 0.717) is 0 Å². The van der Waals surface area contributed by atoms with Crippen molar-refractivity contribution >= 4 is 34.3 Å². The maximum absolute atomic E-state index is 6.29. The maximum atomic E-state index is 6.29. The fraction of sp³-hybridized carbons (Fsp3) is 0.250. The van der Waals surface area contributed by atoms with E-state index in [9.17, 15) is 0 Å². The molecule has 1 heterocycles. The van der Waals surface area contributed by atoms with Crippen molar-refractivity contribution < 1.29 is 0 Å². The summed E-state index contributed by atoms with van der Waals surface area (Å²) >= 11 is 1.92. The molecule has 1 atom stereocenters. The Morgan fingerprint density at radius 1 is 1.15 bits per heavy atom. The molecule has 0 radical (unpaired) electrons. The summed E-state index contributed by atoms with van der Waals surface area (Å²) in [4.78, 5) is 1.30. The fourth-order valence-corrected chi connectivity index (χ4v) is 5.21. The first-order chi connectivity index (χ1) is 12.2. The van der Waals surface area contributed by atoms with E-state index in [1.165, 1.54) is 27.0 Å². The Morgan fingerprint density at radius 2 is 1.81 bits per heavy atom. The van der Waals surface area contributed by atoms with Gasteiger partial charge in [0.25, 0.3) is 0 Å². The van der Waals surface area contributed by atoms with Crippen LogP contribution in [-0.2, 0) is 0 Å². The number of hydrogen-bond acceptors (Lipinski definition) is 2. The van der Waals surface area contributed by atoms with Crippen molar-refractivity contribution in [1.82, 2.24) is 0 Å². The standard InChI is InChI=1S/C24H27NS/c1-7-16(3)20(8-2)23(4,5)24(6)14-13-17-15-21(25)18-11-9-10-12-19(18)22(17)26-24/h7-15H,1-2,25H2,3-6H3/b20-16+. The lowest BCUT2D eigenvalue weighted by Crippen LogP contribution is -2.39. The first kappa shape index (κ1) is 18.6. The van der Waals surface area contributed by atoms with E-state index in [2.05, 4.69) is 77.3 Å². The quantitative estimate of drug-likeness (QED) is 0.468. The zero-order chi connectivity index (χ0) is 19.1. The van der Waals surface area contributed by atoms with Crippen LogP contribution in [0.5, 0.6) is 0 Å². The Morgan fingerprint density at radius 3 is 2.42 bits per heavy atom. The first-order valence-corrected chi connectivity index (χ1v) is 9.72. The number of anilines is 1. The van der Waals surface area contributed by atoms with Crippen LogP contribution in [-0.4, -0.2) is 4.75 Å². The van der Waals surface area contributed by atoms with Gasteiger partial charge in [0.1, 0.15) is 0 Å². The molecule has 0 aromatic heterocycles. The van der Waals surface area contributed by atoms with Crippen LogP contribution in [0, 0.1) is 5.41 Å². The molecule has 2 N–H and O–H groups in total. The van der Waals surface area contributed by atoms with Gasteiger partial charge in [0.15, 0.2) is 0 Å². The Labute approximate surface area is 161 Å². The smallest absolute Gasteiger partial charge is 0.0452 e. The molecule has 3 rings (SSSR count). The molecular formula is C24H27NS. The van der Waals surface area contributed by atoms with Gasteiger partial charge in [-0.25, -0.2) is 0 Å². The predicted molar refractivity (Wildman–Crippen MR) is 119 cm³/mol. The summed E-state index contributed by atoms with van der Waals surface area (Å²) in [6.45, 7) is 17.0. The second-order valence-electron chi connectivity index (χ2n) is 7.60. The Balaban J connectivity index is 2.20. The molecule has 1 unspecified atom stereocenters.